The van der Waals surface area contributed by atoms with Crippen LogP contribution < -0.4 is 16.4 Å². The lowest BCUT2D eigenvalue weighted by Crippen LogP contribution is -2.53. The fraction of sp³-hybridized carbons (Fsp3) is 0.636. The first-order valence-corrected chi connectivity index (χ1v) is 6.16. The van der Waals surface area contributed by atoms with Crippen molar-refractivity contribution in [2.24, 2.45) is 5.73 Å². The Kier molecular flexibility index (Phi) is 5.30. The molecule has 4 amide bonds. The van der Waals surface area contributed by atoms with Gasteiger partial charge in [-0.25, -0.2) is 9.59 Å². The van der Waals surface area contributed by atoms with Crippen molar-refractivity contribution in [3.8, 4) is 0 Å². The summed E-state index contributed by atoms with van der Waals surface area (Å²) in [6.45, 7) is 0.354. The number of primary amides is 1. The molecule has 5 N–H and O–H groups in total. The maximum absolute atomic E-state index is 12.0. The van der Waals surface area contributed by atoms with Gasteiger partial charge in [0.15, 0.2) is 0 Å². The molecule has 0 aromatic carbocycles. The molecular weight excluding hydrogens is 268 g/mol. The normalized spacial score (nSPS) is 19.2. The van der Waals surface area contributed by atoms with Gasteiger partial charge in [0, 0.05) is 13.6 Å². The van der Waals surface area contributed by atoms with Crippen molar-refractivity contribution in [3.05, 3.63) is 0 Å². The molecule has 1 fully saturated rings. The third-order valence-electron chi connectivity index (χ3n) is 3.06. The van der Waals surface area contributed by atoms with Crippen LogP contribution in [0, 0.1) is 0 Å². The first-order valence-electron chi connectivity index (χ1n) is 6.16. The summed E-state index contributed by atoms with van der Waals surface area (Å²) in [4.78, 5) is 46.6. The van der Waals surface area contributed by atoms with Crippen LogP contribution in [0.3, 0.4) is 0 Å². The average molecular weight is 286 g/mol. The number of aliphatic carboxylic acids is 1. The maximum Gasteiger partial charge on any atom is 0.326 e. The lowest BCUT2D eigenvalue weighted by molar-refractivity contribution is -0.140. The standard InChI is InChI=1S/C11H18N4O5/c1-13-9(17)7-3-2-4-15(7)11(20)14-6(10(18)19)5-8(12)16/h6-7H,2-5H2,1H3,(H2,12,16)(H,13,17)(H,14,20)(H,18,19)/t6-,7?/m1/s1. The van der Waals surface area contributed by atoms with Crippen molar-refractivity contribution in [1.29, 1.82) is 0 Å². The Morgan fingerprint density at radius 2 is 2.05 bits per heavy atom. The third-order valence-corrected chi connectivity index (χ3v) is 3.06. The second-order valence-corrected chi connectivity index (χ2v) is 4.48. The van der Waals surface area contributed by atoms with E-state index in [2.05, 4.69) is 10.6 Å². The SMILES string of the molecule is CNC(=O)C1CCCN1C(=O)N[C@H](CC(N)=O)C(=O)O. The zero-order chi connectivity index (χ0) is 15.3. The van der Waals surface area contributed by atoms with Gasteiger partial charge in [-0.15, -0.1) is 0 Å². The topological polar surface area (TPSA) is 142 Å². The number of hydrogen-bond donors (Lipinski definition) is 4. The minimum absolute atomic E-state index is 0.306. The number of carbonyl (C=O) groups excluding carboxylic acids is 3. The Morgan fingerprint density at radius 3 is 2.55 bits per heavy atom. The van der Waals surface area contributed by atoms with E-state index in [9.17, 15) is 19.2 Å². The molecule has 0 aliphatic carbocycles. The first kappa shape index (κ1) is 15.7. The molecule has 0 saturated carbocycles. The van der Waals surface area contributed by atoms with E-state index in [0.717, 1.165) is 0 Å². The summed E-state index contributed by atoms with van der Waals surface area (Å²) in [6, 6.07) is -2.71. The number of carboxylic acids is 1. The van der Waals surface area contributed by atoms with Crippen LogP contribution >= 0.6 is 0 Å². The monoisotopic (exact) mass is 286 g/mol. The molecule has 1 heterocycles. The van der Waals surface area contributed by atoms with Gasteiger partial charge in [0.05, 0.1) is 6.42 Å². The van der Waals surface area contributed by atoms with Crippen molar-refractivity contribution in [2.75, 3.05) is 13.6 Å². The first-order chi connectivity index (χ1) is 9.36. The Bertz CT molecular complexity index is 425. The van der Waals surface area contributed by atoms with Gasteiger partial charge >= 0.3 is 12.0 Å². The lowest BCUT2D eigenvalue weighted by atomic mass is 10.2. The van der Waals surface area contributed by atoms with Crippen molar-refractivity contribution in [2.45, 2.75) is 31.3 Å². The molecule has 0 bridgehead atoms. The van der Waals surface area contributed by atoms with E-state index in [4.69, 9.17) is 10.8 Å². The maximum atomic E-state index is 12.0. The molecule has 0 radical (unpaired) electrons. The van der Waals surface area contributed by atoms with Crippen LogP contribution in [-0.4, -0.2) is 59.5 Å². The minimum atomic E-state index is -1.40. The number of nitrogens with one attached hydrogen (secondary N) is 2. The minimum Gasteiger partial charge on any atom is -0.480 e. The Morgan fingerprint density at radius 1 is 1.40 bits per heavy atom. The van der Waals surface area contributed by atoms with E-state index in [0.29, 0.717) is 19.4 Å². The highest BCUT2D eigenvalue weighted by Crippen LogP contribution is 2.17. The van der Waals surface area contributed by atoms with Crippen LogP contribution in [0.1, 0.15) is 19.3 Å². The fourth-order valence-corrected chi connectivity index (χ4v) is 2.08. The highest BCUT2D eigenvalue weighted by atomic mass is 16.4. The number of nitrogens with zero attached hydrogens (tertiary/aromatic N) is 1. The average Bonchev–Trinajstić information content (AvgIpc) is 2.85. The second-order valence-electron chi connectivity index (χ2n) is 4.48. The van der Waals surface area contributed by atoms with Gasteiger partial charge in [0.2, 0.25) is 11.8 Å². The quantitative estimate of drug-likeness (QED) is 0.473. The summed E-state index contributed by atoms with van der Waals surface area (Å²) in [5, 5.41) is 13.6. The van der Waals surface area contributed by atoms with Crippen LogP contribution in [0.4, 0.5) is 4.79 Å². The van der Waals surface area contributed by atoms with Gasteiger partial charge in [-0.3, -0.25) is 9.59 Å². The van der Waals surface area contributed by atoms with Gasteiger partial charge in [0.1, 0.15) is 12.1 Å². The molecule has 1 aliphatic rings. The van der Waals surface area contributed by atoms with E-state index in [1.165, 1.54) is 11.9 Å². The molecule has 2 atom stereocenters. The molecule has 9 nitrogen and oxygen atoms in total. The van der Waals surface area contributed by atoms with E-state index >= 15 is 0 Å². The lowest BCUT2D eigenvalue weighted by Gasteiger charge is -2.25. The van der Waals surface area contributed by atoms with Crippen molar-refractivity contribution >= 4 is 23.8 Å². The van der Waals surface area contributed by atoms with E-state index in [-0.39, 0.29) is 5.91 Å². The van der Waals surface area contributed by atoms with Gasteiger partial charge < -0.3 is 26.4 Å². The predicted octanol–water partition coefficient (Wildman–Crippen LogP) is -1.76. The van der Waals surface area contributed by atoms with Crippen molar-refractivity contribution in [3.63, 3.8) is 0 Å². The van der Waals surface area contributed by atoms with Crippen LogP contribution in [0.2, 0.25) is 0 Å². The van der Waals surface area contributed by atoms with Gasteiger partial charge in [-0.05, 0) is 12.8 Å². The second kappa shape index (κ2) is 6.73. The van der Waals surface area contributed by atoms with Gasteiger partial charge in [0.25, 0.3) is 0 Å². The summed E-state index contributed by atoms with van der Waals surface area (Å²) in [5.74, 6) is -2.49. The zero-order valence-corrected chi connectivity index (χ0v) is 11.1. The molecule has 112 valence electrons. The summed E-state index contributed by atoms with van der Waals surface area (Å²) in [7, 11) is 1.46. The van der Waals surface area contributed by atoms with Crippen molar-refractivity contribution < 1.29 is 24.3 Å². The molecule has 0 spiro atoms. The Hall–Kier alpha value is -2.32. The number of carbonyl (C=O) groups is 4. The van der Waals surface area contributed by atoms with E-state index < -0.39 is 36.4 Å². The largest absolute Gasteiger partial charge is 0.480 e. The Labute approximate surface area is 115 Å². The summed E-state index contributed by atoms with van der Waals surface area (Å²) < 4.78 is 0. The van der Waals surface area contributed by atoms with Gasteiger partial charge in [-0.2, -0.15) is 0 Å². The number of nitrogens with two attached hydrogens (primary N) is 1. The fourth-order valence-electron chi connectivity index (χ4n) is 2.08. The van der Waals surface area contributed by atoms with Crippen LogP contribution in [0.15, 0.2) is 0 Å². The molecule has 9 heteroatoms. The van der Waals surface area contributed by atoms with Gasteiger partial charge in [-0.1, -0.05) is 0 Å². The van der Waals surface area contributed by atoms with E-state index in [1.807, 2.05) is 0 Å². The van der Waals surface area contributed by atoms with Crippen molar-refractivity contribution in [1.82, 2.24) is 15.5 Å². The molecule has 20 heavy (non-hydrogen) atoms. The summed E-state index contributed by atoms with van der Waals surface area (Å²) in [5.41, 5.74) is 4.93. The summed E-state index contributed by atoms with van der Waals surface area (Å²) in [6.07, 6.45) is 0.666. The van der Waals surface area contributed by atoms with Crippen LogP contribution in [0.5, 0.6) is 0 Å². The van der Waals surface area contributed by atoms with E-state index in [1.54, 1.807) is 0 Å². The smallest absolute Gasteiger partial charge is 0.326 e. The highest BCUT2D eigenvalue weighted by Gasteiger charge is 2.35. The number of hydrogen-bond acceptors (Lipinski definition) is 4. The molecule has 0 aromatic heterocycles. The molecule has 1 aliphatic heterocycles. The van der Waals surface area contributed by atoms with Crippen LogP contribution in [-0.2, 0) is 14.4 Å². The Balaban J connectivity index is 2.70. The molecule has 1 rings (SSSR count). The van der Waals surface area contributed by atoms with Crippen LogP contribution in [0.25, 0.3) is 0 Å². The number of amides is 4. The molecular formula is C11H18N4O5. The third kappa shape index (κ3) is 3.84. The number of likely N-dealkylation sites (N-methyl/N-ethyl adjacent to an activating group) is 1. The summed E-state index contributed by atoms with van der Waals surface area (Å²) >= 11 is 0. The molecule has 1 unspecified atom stereocenters. The molecule has 1 saturated heterocycles. The zero-order valence-electron chi connectivity index (χ0n) is 11.1. The number of likely N-dealkylation sites (tertiary alicyclic amines) is 1. The predicted molar refractivity (Wildman–Crippen MR) is 67.6 cm³/mol. The number of urea groups is 1. The highest BCUT2D eigenvalue weighted by molar-refractivity contribution is 5.90. The number of rotatable bonds is 5. The molecule has 0 aromatic rings. The number of carboxylic acid groups (broad SMARTS) is 1.